The lowest BCUT2D eigenvalue weighted by Gasteiger charge is -2.17. The van der Waals surface area contributed by atoms with E-state index >= 15 is 0 Å². The molecular weight excluding hydrogens is 240 g/mol. The minimum atomic E-state index is 0.239. The smallest absolute Gasteiger partial charge is 0.227 e. The Bertz CT molecular complexity index is 463. The predicted molar refractivity (Wildman–Crippen MR) is 73.1 cm³/mol. The van der Waals surface area contributed by atoms with Crippen molar-refractivity contribution < 1.29 is 9.53 Å². The van der Waals surface area contributed by atoms with Crippen molar-refractivity contribution in [3.05, 3.63) is 29.8 Å². The van der Waals surface area contributed by atoms with E-state index in [9.17, 15) is 4.79 Å². The van der Waals surface area contributed by atoms with E-state index in [2.05, 4.69) is 5.32 Å². The quantitative estimate of drug-likeness (QED) is 0.878. The van der Waals surface area contributed by atoms with Gasteiger partial charge in [-0.15, -0.1) is 0 Å². The van der Waals surface area contributed by atoms with E-state index in [4.69, 9.17) is 4.74 Å². The van der Waals surface area contributed by atoms with Gasteiger partial charge in [-0.2, -0.15) is 0 Å². The molecule has 0 unspecified atom stereocenters. The molecule has 1 aromatic carbocycles. The molecule has 2 aliphatic heterocycles. The van der Waals surface area contributed by atoms with Gasteiger partial charge < -0.3 is 15.0 Å². The van der Waals surface area contributed by atoms with Crippen LogP contribution in [0.2, 0.25) is 0 Å². The molecule has 19 heavy (non-hydrogen) atoms. The number of ether oxygens (including phenoxy) is 1. The molecule has 2 fully saturated rings. The summed E-state index contributed by atoms with van der Waals surface area (Å²) in [7, 11) is 1.65. The average Bonchev–Trinajstić information content (AvgIpc) is 2.99. The Kier molecular flexibility index (Phi) is 3.42. The second-order valence-electron chi connectivity index (χ2n) is 5.51. The first kappa shape index (κ1) is 12.5. The van der Waals surface area contributed by atoms with Gasteiger partial charge in [0.1, 0.15) is 5.75 Å². The molecular formula is C15H20N2O2. The Morgan fingerprint density at radius 2 is 2.11 bits per heavy atom. The summed E-state index contributed by atoms with van der Waals surface area (Å²) < 4.78 is 5.19. The number of carbonyl (C=O) groups excluding carboxylic acids is 1. The van der Waals surface area contributed by atoms with E-state index in [0.29, 0.717) is 18.3 Å². The second-order valence-corrected chi connectivity index (χ2v) is 5.51. The molecule has 2 heterocycles. The van der Waals surface area contributed by atoms with Gasteiger partial charge in [-0.1, -0.05) is 12.1 Å². The van der Waals surface area contributed by atoms with Crippen molar-refractivity contribution in [2.45, 2.75) is 6.42 Å². The highest BCUT2D eigenvalue weighted by atomic mass is 16.5. The first-order chi connectivity index (χ1) is 9.26. The predicted octanol–water partition coefficient (Wildman–Crippen LogP) is 0.915. The Labute approximate surface area is 113 Å². The van der Waals surface area contributed by atoms with Crippen LogP contribution in [0.25, 0.3) is 0 Å². The fourth-order valence-electron chi connectivity index (χ4n) is 3.13. The molecule has 1 N–H and O–H groups in total. The highest BCUT2D eigenvalue weighted by Crippen LogP contribution is 2.26. The molecule has 3 rings (SSSR count). The van der Waals surface area contributed by atoms with Crippen molar-refractivity contribution in [2.75, 3.05) is 33.3 Å². The van der Waals surface area contributed by atoms with E-state index < -0.39 is 0 Å². The molecule has 0 aliphatic carbocycles. The van der Waals surface area contributed by atoms with E-state index in [1.807, 2.05) is 29.2 Å². The lowest BCUT2D eigenvalue weighted by molar-refractivity contribution is -0.129. The van der Waals surface area contributed by atoms with Crippen LogP contribution in [0, 0.1) is 11.8 Å². The number of nitrogens with one attached hydrogen (secondary N) is 1. The van der Waals surface area contributed by atoms with Crippen LogP contribution in [0.4, 0.5) is 0 Å². The average molecular weight is 260 g/mol. The molecule has 0 bridgehead atoms. The second kappa shape index (κ2) is 5.21. The lowest BCUT2D eigenvalue weighted by atomic mass is 10.0. The molecule has 0 saturated carbocycles. The van der Waals surface area contributed by atoms with E-state index in [1.54, 1.807) is 7.11 Å². The first-order valence-corrected chi connectivity index (χ1v) is 6.87. The zero-order chi connectivity index (χ0) is 13.2. The summed E-state index contributed by atoms with van der Waals surface area (Å²) in [5.74, 6) is 2.37. The van der Waals surface area contributed by atoms with Gasteiger partial charge in [0.15, 0.2) is 0 Å². The fourth-order valence-corrected chi connectivity index (χ4v) is 3.13. The maximum Gasteiger partial charge on any atom is 0.227 e. The van der Waals surface area contributed by atoms with Gasteiger partial charge in [0, 0.05) is 26.2 Å². The summed E-state index contributed by atoms with van der Waals surface area (Å²) in [5, 5.41) is 3.39. The largest absolute Gasteiger partial charge is 0.497 e. The summed E-state index contributed by atoms with van der Waals surface area (Å²) in [6, 6.07) is 7.76. The third-order valence-electron chi connectivity index (χ3n) is 4.23. The van der Waals surface area contributed by atoms with Gasteiger partial charge in [0.25, 0.3) is 0 Å². The van der Waals surface area contributed by atoms with Crippen LogP contribution in [0.1, 0.15) is 5.56 Å². The van der Waals surface area contributed by atoms with Crippen LogP contribution in [0.15, 0.2) is 24.3 Å². The zero-order valence-electron chi connectivity index (χ0n) is 11.3. The minimum Gasteiger partial charge on any atom is -0.497 e. The number of likely N-dealkylation sites (tertiary alicyclic amines) is 1. The molecule has 0 spiro atoms. The third kappa shape index (κ3) is 2.59. The first-order valence-electron chi connectivity index (χ1n) is 6.87. The molecule has 4 nitrogen and oxygen atoms in total. The molecule has 102 valence electrons. The Morgan fingerprint density at radius 3 is 2.79 bits per heavy atom. The van der Waals surface area contributed by atoms with Gasteiger partial charge >= 0.3 is 0 Å². The molecule has 2 saturated heterocycles. The normalized spacial score (nSPS) is 25.4. The number of rotatable bonds is 3. The van der Waals surface area contributed by atoms with Crippen molar-refractivity contribution in [3.63, 3.8) is 0 Å². The van der Waals surface area contributed by atoms with Crippen molar-refractivity contribution in [1.29, 1.82) is 0 Å². The summed E-state index contributed by atoms with van der Waals surface area (Å²) in [6.07, 6.45) is 0.476. The van der Waals surface area contributed by atoms with Crippen LogP contribution in [0.3, 0.4) is 0 Å². The molecule has 0 radical (unpaired) electrons. The van der Waals surface area contributed by atoms with Gasteiger partial charge in [0.05, 0.1) is 13.5 Å². The Hall–Kier alpha value is -1.55. The van der Waals surface area contributed by atoms with Crippen LogP contribution >= 0.6 is 0 Å². The minimum absolute atomic E-state index is 0.239. The SMILES string of the molecule is COc1cccc(CC(=O)N2C[C@H]3CNC[C@H]3C2)c1. The molecule has 2 atom stereocenters. The van der Waals surface area contributed by atoms with Crippen molar-refractivity contribution in [3.8, 4) is 5.75 Å². The summed E-state index contributed by atoms with van der Waals surface area (Å²) in [6.45, 7) is 3.96. The monoisotopic (exact) mass is 260 g/mol. The Balaban J connectivity index is 1.62. The lowest BCUT2D eigenvalue weighted by Crippen LogP contribution is -2.32. The molecule has 0 aromatic heterocycles. The van der Waals surface area contributed by atoms with Gasteiger partial charge in [-0.05, 0) is 29.5 Å². The summed E-state index contributed by atoms with van der Waals surface area (Å²) >= 11 is 0. The number of hydrogen-bond acceptors (Lipinski definition) is 3. The van der Waals surface area contributed by atoms with E-state index in [-0.39, 0.29) is 5.91 Å². The van der Waals surface area contributed by atoms with Crippen molar-refractivity contribution >= 4 is 5.91 Å². The highest BCUT2D eigenvalue weighted by Gasteiger charge is 2.37. The summed E-state index contributed by atoms with van der Waals surface area (Å²) in [4.78, 5) is 14.3. The number of nitrogens with zero attached hydrogens (tertiary/aromatic N) is 1. The fraction of sp³-hybridized carbons (Fsp3) is 0.533. The maximum absolute atomic E-state index is 12.3. The molecule has 1 amide bonds. The third-order valence-corrected chi connectivity index (χ3v) is 4.23. The molecule has 1 aromatic rings. The van der Waals surface area contributed by atoms with Crippen molar-refractivity contribution in [2.24, 2.45) is 11.8 Å². The highest BCUT2D eigenvalue weighted by molar-refractivity contribution is 5.79. The van der Waals surface area contributed by atoms with Crippen LogP contribution < -0.4 is 10.1 Å². The number of fused-ring (bicyclic) bond motifs is 1. The number of hydrogen-bond donors (Lipinski definition) is 1. The Morgan fingerprint density at radius 1 is 1.37 bits per heavy atom. The standard InChI is InChI=1S/C15H20N2O2/c1-19-14-4-2-3-11(5-14)6-15(18)17-9-12-7-16-8-13(12)10-17/h2-5,12-13,16H,6-10H2,1H3/t12-,13+. The number of amides is 1. The zero-order valence-corrected chi connectivity index (χ0v) is 11.3. The van der Waals surface area contributed by atoms with Crippen molar-refractivity contribution in [1.82, 2.24) is 10.2 Å². The number of methoxy groups -OCH3 is 1. The van der Waals surface area contributed by atoms with E-state index in [1.165, 1.54) is 0 Å². The summed E-state index contributed by atoms with van der Waals surface area (Å²) in [5.41, 5.74) is 1.03. The maximum atomic E-state index is 12.3. The number of carbonyl (C=O) groups is 1. The van der Waals surface area contributed by atoms with E-state index in [0.717, 1.165) is 37.5 Å². The van der Waals surface area contributed by atoms with Gasteiger partial charge in [0.2, 0.25) is 5.91 Å². The van der Waals surface area contributed by atoms with Gasteiger partial charge in [-0.3, -0.25) is 4.79 Å². The van der Waals surface area contributed by atoms with Crippen LogP contribution in [0.5, 0.6) is 5.75 Å². The molecule has 4 heteroatoms. The topological polar surface area (TPSA) is 41.6 Å². The van der Waals surface area contributed by atoms with Crippen LogP contribution in [-0.4, -0.2) is 44.1 Å². The van der Waals surface area contributed by atoms with Crippen LogP contribution in [-0.2, 0) is 11.2 Å². The molecule has 2 aliphatic rings. The number of benzene rings is 1. The van der Waals surface area contributed by atoms with Gasteiger partial charge in [-0.25, -0.2) is 0 Å².